The van der Waals surface area contributed by atoms with Gasteiger partial charge in [0.25, 0.3) is 5.91 Å². The minimum absolute atomic E-state index is 0. The van der Waals surface area contributed by atoms with Crippen LogP contribution in [0.3, 0.4) is 0 Å². The van der Waals surface area contributed by atoms with Gasteiger partial charge in [-0.25, -0.2) is 0 Å². The summed E-state index contributed by atoms with van der Waals surface area (Å²) >= 11 is 0. The molecule has 1 heterocycles. The zero-order chi connectivity index (χ0) is 19.1. The number of carbonyl (C=O) groups is 1. The summed E-state index contributed by atoms with van der Waals surface area (Å²) in [5.74, 6) is 0.721. The van der Waals surface area contributed by atoms with E-state index in [1.807, 2.05) is 12.1 Å². The predicted molar refractivity (Wildman–Crippen MR) is 117 cm³/mol. The Kier molecular flexibility index (Phi) is 8.81. The van der Waals surface area contributed by atoms with Crippen molar-refractivity contribution in [1.82, 2.24) is 10.2 Å². The number of methoxy groups -OCH3 is 1. The van der Waals surface area contributed by atoms with Crippen LogP contribution in [-0.4, -0.2) is 37.6 Å². The van der Waals surface area contributed by atoms with Crippen molar-refractivity contribution >= 4 is 18.3 Å². The van der Waals surface area contributed by atoms with Gasteiger partial charge in [-0.15, -0.1) is 12.4 Å². The molecule has 4 nitrogen and oxygen atoms in total. The minimum atomic E-state index is -0.0374. The van der Waals surface area contributed by atoms with Crippen molar-refractivity contribution in [3.05, 3.63) is 65.2 Å². The van der Waals surface area contributed by atoms with Gasteiger partial charge >= 0.3 is 0 Å². The molecule has 152 valence electrons. The fourth-order valence-electron chi connectivity index (χ4n) is 3.69. The maximum absolute atomic E-state index is 12.6. The van der Waals surface area contributed by atoms with Crippen LogP contribution in [0.25, 0.3) is 0 Å². The highest BCUT2D eigenvalue weighted by Gasteiger charge is 2.22. The second kappa shape index (κ2) is 11.1. The summed E-state index contributed by atoms with van der Waals surface area (Å²) in [6.07, 6.45) is 5.06. The van der Waals surface area contributed by atoms with Crippen LogP contribution in [0.1, 0.15) is 53.2 Å². The number of nitrogens with one attached hydrogen (secondary N) is 1. The van der Waals surface area contributed by atoms with Gasteiger partial charge in [-0.1, -0.05) is 42.7 Å². The smallest absolute Gasteiger partial charge is 0.251 e. The Hall–Kier alpha value is -2.04. The van der Waals surface area contributed by atoms with Gasteiger partial charge in [0.15, 0.2) is 0 Å². The molecule has 1 fully saturated rings. The van der Waals surface area contributed by atoms with Crippen LogP contribution < -0.4 is 10.1 Å². The first-order chi connectivity index (χ1) is 13.2. The van der Waals surface area contributed by atoms with Crippen molar-refractivity contribution in [1.29, 1.82) is 0 Å². The van der Waals surface area contributed by atoms with Crippen LogP contribution in [0.4, 0.5) is 0 Å². The summed E-state index contributed by atoms with van der Waals surface area (Å²) in [5, 5.41) is 3.15. The molecule has 0 bridgehead atoms. The Morgan fingerprint density at radius 1 is 1.00 bits per heavy atom. The predicted octanol–water partition coefficient (Wildman–Crippen LogP) is 4.77. The van der Waals surface area contributed by atoms with Crippen LogP contribution in [0.5, 0.6) is 5.75 Å². The normalized spacial score (nSPS) is 15.8. The number of hydrogen-bond acceptors (Lipinski definition) is 3. The van der Waals surface area contributed by atoms with Crippen LogP contribution >= 0.6 is 12.4 Å². The van der Waals surface area contributed by atoms with Crippen LogP contribution in [0.2, 0.25) is 0 Å². The van der Waals surface area contributed by atoms with Crippen molar-refractivity contribution in [2.45, 2.75) is 38.6 Å². The average Bonchev–Trinajstić information content (AvgIpc) is 2.99. The molecular weight excluding hydrogens is 372 g/mol. The monoisotopic (exact) mass is 402 g/mol. The van der Waals surface area contributed by atoms with Gasteiger partial charge in [0.1, 0.15) is 5.75 Å². The molecule has 1 aliphatic heterocycles. The number of halogens is 1. The number of nitrogens with zero attached hydrogens (tertiary/aromatic N) is 1. The Bertz CT molecular complexity index is 723. The quantitative estimate of drug-likeness (QED) is 0.756. The van der Waals surface area contributed by atoms with Crippen molar-refractivity contribution in [3.8, 4) is 5.75 Å². The molecule has 0 saturated carbocycles. The van der Waals surface area contributed by atoms with E-state index < -0.39 is 0 Å². The van der Waals surface area contributed by atoms with Gasteiger partial charge in [0.05, 0.1) is 13.2 Å². The summed E-state index contributed by atoms with van der Waals surface area (Å²) in [6.45, 7) is 4.91. The van der Waals surface area contributed by atoms with E-state index in [4.69, 9.17) is 4.74 Å². The number of amides is 1. The lowest BCUT2D eigenvalue weighted by Gasteiger charge is -2.31. The van der Waals surface area contributed by atoms with E-state index in [0.29, 0.717) is 12.1 Å². The zero-order valence-corrected chi connectivity index (χ0v) is 17.6. The molecule has 0 spiro atoms. The van der Waals surface area contributed by atoms with Gasteiger partial charge in [0, 0.05) is 12.1 Å². The second-order valence-electron chi connectivity index (χ2n) is 7.32. The van der Waals surface area contributed by atoms with Crippen LogP contribution in [0.15, 0.2) is 48.5 Å². The van der Waals surface area contributed by atoms with E-state index >= 15 is 0 Å². The number of rotatable bonds is 6. The molecule has 0 radical (unpaired) electrons. The Morgan fingerprint density at radius 2 is 1.61 bits per heavy atom. The molecule has 1 N–H and O–H groups in total. The standard InChI is InChI=1S/C23H30N2O2.ClH/c1-18-7-9-19(10-8-18)22(25-15-5-3-4-6-16-25)17-24-23(26)20-11-13-21(27-2)14-12-20;/h7-14,22H,3-6,15-17H2,1-2H3,(H,24,26);1H. The topological polar surface area (TPSA) is 41.6 Å². The SMILES string of the molecule is COc1ccc(C(=O)NCC(c2ccc(C)cc2)N2CCCCCC2)cc1.Cl. The molecular formula is C23H31ClN2O2. The third-order valence-electron chi connectivity index (χ3n) is 5.35. The lowest BCUT2D eigenvalue weighted by Crippen LogP contribution is -2.38. The number of aryl methyl sites for hydroxylation is 1. The molecule has 1 atom stereocenters. The molecule has 1 unspecified atom stereocenters. The second-order valence-corrected chi connectivity index (χ2v) is 7.32. The van der Waals surface area contributed by atoms with E-state index in [1.54, 1.807) is 19.2 Å². The summed E-state index contributed by atoms with van der Waals surface area (Å²) in [5.41, 5.74) is 3.20. The Labute approximate surface area is 174 Å². The molecule has 0 aromatic heterocycles. The first kappa shape index (κ1) is 22.3. The summed E-state index contributed by atoms with van der Waals surface area (Å²) in [7, 11) is 1.63. The molecule has 2 aromatic rings. The largest absolute Gasteiger partial charge is 0.497 e. The molecule has 1 aliphatic rings. The van der Waals surface area contributed by atoms with Gasteiger partial charge in [-0.05, 0) is 62.7 Å². The number of ether oxygens (including phenoxy) is 1. The van der Waals surface area contributed by atoms with E-state index in [0.717, 1.165) is 18.8 Å². The highest BCUT2D eigenvalue weighted by Crippen LogP contribution is 2.24. The summed E-state index contributed by atoms with van der Waals surface area (Å²) < 4.78 is 5.17. The van der Waals surface area contributed by atoms with Gasteiger partial charge < -0.3 is 10.1 Å². The summed E-state index contributed by atoms with van der Waals surface area (Å²) in [6, 6.07) is 16.2. The lowest BCUT2D eigenvalue weighted by atomic mass is 10.0. The average molecular weight is 403 g/mol. The lowest BCUT2D eigenvalue weighted by molar-refractivity contribution is 0.0933. The van der Waals surface area contributed by atoms with Crippen molar-refractivity contribution in [2.24, 2.45) is 0 Å². The molecule has 1 amide bonds. The van der Waals surface area contributed by atoms with E-state index in [9.17, 15) is 4.79 Å². The van der Waals surface area contributed by atoms with Crippen molar-refractivity contribution in [2.75, 3.05) is 26.7 Å². The number of hydrogen-bond donors (Lipinski definition) is 1. The van der Waals surface area contributed by atoms with Gasteiger partial charge in [0.2, 0.25) is 0 Å². The van der Waals surface area contributed by atoms with Crippen LogP contribution in [0, 0.1) is 6.92 Å². The maximum Gasteiger partial charge on any atom is 0.251 e. The molecule has 1 saturated heterocycles. The molecule has 3 rings (SSSR count). The third-order valence-corrected chi connectivity index (χ3v) is 5.35. The fraction of sp³-hybridized carbons (Fsp3) is 0.435. The highest BCUT2D eigenvalue weighted by molar-refractivity contribution is 5.94. The van der Waals surface area contributed by atoms with E-state index in [-0.39, 0.29) is 24.4 Å². The van der Waals surface area contributed by atoms with E-state index in [1.165, 1.54) is 36.8 Å². The van der Waals surface area contributed by atoms with Gasteiger partial charge in [-0.2, -0.15) is 0 Å². The van der Waals surface area contributed by atoms with E-state index in [2.05, 4.69) is 41.4 Å². The minimum Gasteiger partial charge on any atom is -0.497 e. The highest BCUT2D eigenvalue weighted by atomic mass is 35.5. The first-order valence-corrected chi connectivity index (χ1v) is 9.90. The number of benzene rings is 2. The fourth-order valence-corrected chi connectivity index (χ4v) is 3.69. The van der Waals surface area contributed by atoms with Gasteiger partial charge in [-0.3, -0.25) is 9.69 Å². The van der Waals surface area contributed by atoms with Crippen molar-refractivity contribution in [3.63, 3.8) is 0 Å². The third kappa shape index (κ3) is 5.98. The van der Waals surface area contributed by atoms with Crippen molar-refractivity contribution < 1.29 is 9.53 Å². The number of likely N-dealkylation sites (tertiary alicyclic amines) is 1. The molecule has 0 aliphatic carbocycles. The zero-order valence-electron chi connectivity index (χ0n) is 16.8. The van der Waals surface area contributed by atoms with Crippen LogP contribution in [-0.2, 0) is 0 Å². The molecule has 5 heteroatoms. The maximum atomic E-state index is 12.6. The Balaban J connectivity index is 0.00000280. The Morgan fingerprint density at radius 3 is 2.18 bits per heavy atom. The molecule has 2 aromatic carbocycles. The summed E-state index contributed by atoms with van der Waals surface area (Å²) in [4.78, 5) is 15.1. The first-order valence-electron chi connectivity index (χ1n) is 9.90. The number of carbonyl (C=O) groups excluding carboxylic acids is 1. The molecule has 28 heavy (non-hydrogen) atoms.